The molecular formula is C19H26N2O2. The lowest BCUT2D eigenvalue weighted by atomic mass is 9.48. The highest BCUT2D eigenvalue weighted by molar-refractivity contribution is 5.79. The maximum absolute atomic E-state index is 11.8. The second-order valence-electron chi connectivity index (χ2n) is 8.66. The van der Waals surface area contributed by atoms with Gasteiger partial charge in [0.1, 0.15) is 0 Å². The summed E-state index contributed by atoms with van der Waals surface area (Å²) in [7, 11) is 0. The predicted molar refractivity (Wildman–Crippen MR) is 85.8 cm³/mol. The summed E-state index contributed by atoms with van der Waals surface area (Å²) < 4.78 is 0. The van der Waals surface area contributed by atoms with Crippen molar-refractivity contribution in [1.82, 2.24) is 5.32 Å². The van der Waals surface area contributed by atoms with Crippen LogP contribution in [0.15, 0.2) is 11.8 Å². The molecular weight excluding hydrogens is 288 g/mol. The van der Waals surface area contributed by atoms with Crippen molar-refractivity contribution in [3.8, 4) is 6.07 Å². The third-order valence-electron chi connectivity index (χ3n) is 7.95. The molecule has 0 aromatic rings. The summed E-state index contributed by atoms with van der Waals surface area (Å²) in [5, 5.41) is 23.5. The monoisotopic (exact) mass is 314 g/mol. The fourth-order valence-corrected chi connectivity index (χ4v) is 6.39. The molecule has 1 heterocycles. The molecule has 4 rings (SSSR count). The average molecular weight is 314 g/mol. The van der Waals surface area contributed by atoms with E-state index in [1.807, 2.05) is 0 Å². The van der Waals surface area contributed by atoms with Gasteiger partial charge in [0.05, 0.1) is 6.07 Å². The minimum Gasteiger partial charge on any atom is -0.375 e. The first-order valence-corrected chi connectivity index (χ1v) is 8.98. The molecule has 2 N–H and O–H groups in total. The molecule has 4 nitrogen and oxygen atoms in total. The summed E-state index contributed by atoms with van der Waals surface area (Å²) in [5.41, 5.74) is -0.241. The van der Waals surface area contributed by atoms with Crippen LogP contribution in [0, 0.1) is 39.9 Å². The zero-order valence-electron chi connectivity index (χ0n) is 14.1. The topological polar surface area (TPSA) is 73.1 Å². The van der Waals surface area contributed by atoms with Gasteiger partial charge in [0.2, 0.25) is 5.91 Å². The highest BCUT2D eigenvalue weighted by Crippen LogP contribution is 2.66. The van der Waals surface area contributed by atoms with Crippen molar-refractivity contribution in [3.05, 3.63) is 11.8 Å². The van der Waals surface area contributed by atoms with Gasteiger partial charge in [0.15, 0.2) is 5.60 Å². The molecule has 4 aliphatic rings. The zero-order chi connectivity index (χ0) is 16.5. The van der Waals surface area contributed by atoms with Crippen LogP contribution in [0.1, 0.15) is 58.8 Å². The Morgan fingerprint density at radius 2 is 2.00 bits per heavy atom. The molecule has 0 aromatic carbocycles. The Morgan fingerprint density at radius 3 is 2.74 bits per heavy atom. The minimum absolute atomic E-state index is 0.0610. The first-order chi connectivity index (χ1) is 10.8. The molecule has 0 aromatic heterocycles. The number of piperidine rings is 1. The van der Waals surface area contributed by atoms with Crippen LogP contribution >= 0.6 is 0 Å². The number of amides is 1. The maximum atomic E-state index is 11.8. The fourth-order valence-electron chi connectivity index (χ4n) is 6.39. The second kappa shape index (κ2) is 4.60. The lowest BCUT2D eigenvalue weighted by Gasteiger charge is -2.57. The number of hydrogen-bond acceptors (Lipinski definition) is 3. The SMILES string of the molecule is C[C@]12CCC(=O)NC1=CC[C@@H]1[C@@H]2CC[C@@]2(C)[C@H]1CC[C@]2(O)C#N. The average Bonchev–Trinajstić information content (AvgIpc) is 2.80. The van der Waals surface area contributed by atoms with E-state index < -0.39 is 5.60 Å². The highest BCUT2D eigenvalue weighted by atomic mass is 16.3. The normalized spacial score (nSPS) is 51.7. The van der Waals surface area contributed by atoms with E-state index >= 15 is 0 Å². The molecule has 6 atom stereocenters. The van der Waals surface area contributed by atoms with Gasteiger partial charge in [-0.25, -0.2) is 0 Å². The van der Waals surface area contributed by atoms with E-state index in [4.69, 9.17) is 0 Å². The number of allylic oxidation sites excluding steroid dienone is 2. The van der Waals surface area contributed by atoms with Crippen LogP contribution in [-0.4, -0.2) is 16.6 Å². The van der Waals surface area contributed by atoms with Crippen molar-refractivity contribution in [2.24, 2.45) is 28.6 Å². The van der Waals surface area contributed by atoms with Crippen molar-refractivity contribution in [2.75, 3.05) is 0 Å². The molecule has 124 valence electrons. The number of nitrogens with one attached hydrogen (secondary N) is 1. The molecule has 0 radical (unpaired) electrons. The summed E-state index contributed by atoms with van der Waals surface area (Å²) in [6, 6.07) is 2.23. The van der Waals surface area contributed by atoms with Gasteiger partial charge in [-0.2, -0.15) is 5.26 Å². The molecule has 4 heteroatoms. The minimum atomic E-state index is -1.16. The largest absolute Gasteiger partial charge is 0.375 e. The third kappa shape index (κ3) is 1.78. The lowest BCUT2D eigenvalue weighted by molar-refractivity contribution is -0.126. The van der Waals surface area contributed by atoms with E-state index in [9.17, 15) is 15.2 Å². The standard InChI is InChI=1S/C19H26N2O2/c1-17-8-7-16(22)21-15(17)4-3-12-13(17)5-9-18(2)14(12)6-10-19(18,23)11-20/h4,12-14,23H,3,5-10H2,1-2H3,(H,21,22)/t12-,13+,14+,17-,18+,19+/m1/s1. The van der Waals surface area contributed by atoms with Crippen molar-refractivity contribution in [3.63, 3.8) is 0 Å². The highest BCUT2D eigenvalue weighted by Gasteiger charge is 2.64. The fraction of sp³-hybridized carbons (Fsp3) is 0.789. The van der Waals surface area contributed by atoms with Crippen LogP contribution < -0.4 is 5.32 Å². The number of nitriles is 1. The van der Waals surface area contributed by atoms with Crippen LogP contribution in [0.25, 0.3) is 0 Å². The maximum Gasteiger partial charge on any atom is 0.224 e. The van der Waals surface area contributed by atoms with Gasteiger partial charge in [-0.05, 0) is 56.3 Å². The van der Waals surface area contributed by atoms with Crippen molar-refractivity contribution in [1.29, 1.82) is 5.26 Å². The number of carbonyl (C=O) groups is 1. The Kier molecular flexibility index (Phi) is 3.04. The number of rotatable bonds is 0. The summed E-state index contributed by atoms with van der Waals surface area (Å²) in [6.07, 6.45) is 8.26. The molecule has 3 fully saturated rings. The molecule has 1 saturated heterocycles. The molecule has 1 amide bonds. The van der Waals surface area contributed by atoms with Gasteiger partial charge in [-0.1, -0.05) is 19.9 Å². The smallest absolute Gasteiger partial charge is 0.224 e. The summed E-state index contributed by atoms with van der Waals surface area (Å²) in [6.45, 7) is 4.44. The van der Waals surface area contributed by atoms with Gasteiger partial charge in [-0.15, -0.1) is 0 Å². The van der Waals surface area contributed by atoms with E-state index in [0.29, 0.717) is 30.6 Å². The number of carbonyl (C=O) groups excluding carboxylic acids is 1. The Morgan fingerprint density at radius 1 is 1.26 bits per heavy atom. The van der Waals surface area contributed by atoms with Gasteiger partial charge in [-0.3, -0.25) is 4.79 Å². The molecule has 0 unspecified atom stereocenters. The van der Waals surface area contributed by atoms with Crippen molar-refractivity contribution >= 4 is 5.91 Å². The first kappa shape index (κ1) is 15.2. The quantitative estimate of drug-likeness (QED) is 0.675. The molecule has 23 heavy (non-hydrogen) atoms. The van der Waals surface area contributed by atoms with Gasteiger partial charge >= 0.3 is 0 Å². The second-order valence-corrected chi connectivity index (χ2v) is 8.66. The van der Waals surface area contributed by atoms with Crippen LogP contribution in [0.3, 0.4) is 0 Å². The Hall–Kier alpha value is -1.34. The van der Waals surface area contributed by atoms with E-state index in [1.54, 1.807) is 0 Å². The number of aliphatic hydroxyl groups is 1. The zero-order valence-corrected chi connectivity index (χ0v) is 14.1. The van der Waals surface area contributed by atoms with E-state index in [0.717, 1.165) is 37.8 Å². The number of nitrogens with zero attached hydrogens (tertiary/aromatic N) is 1. The van der Waals surface area contributed by atoms with Crippen LogP contribution in [0.4, 0.5) is 0 Å². The number of hydrogen-bond donors (Lipinski definition) is 2. The van der Waals surface area contributed by atoms with Gasteiger partial charge in [0.25, 0.3) is 0 Å². The predicted octanol–water partition coefficient (Wildman–Crippen LogP) is 2.89. The van der Waals surface area contributed by atoms with Crippen LogP contribution in [-0.2, 0) is 4.79 Å². The third-order valence-corrected chi connectivity index (χ3v) is 7.95. The van der Waals surface area contributed by atoms with Gasteiger partial charge in [0, 0.05) is 22.9 Å². The molecule has 0 bridgehead atoms. The Balaban J connectivity index is 1.71. The Bertz CT molecular complexity index is 636. The lowest BCUT2D eigenvalue weighted by Crippen LogP contribution is -2.55. The summed E-state index contributed by atoms with van der Waals surface area (Å²) in [5.74, 6) is 1.65. The summed E-state index contributed by atoms with van der Waals surface area (Å²) >= 11 is 0. The van der Waals surface area contributed by atoms with E-state index in [-0.39, 0.29) is 16.7 Å². The molecule has 0 spiro atoms. The summed E-state index contributed by atoms with van der Waals surface area (Å²) in [4.78, 5) is 11.8. The molecule has 2 saturated carbocycles. The van der Waals surface area contributed by atoms with Crippen molar-refractivity contribution in [2.45, 2.75) is 64.4 Å². The Labute approximate surface area is 137 Å². The van der Waals surface area contributed by atoms with E-state index in [1.165, 1.54) is 0 Å². The van der Waals surface area contributed by atoms with Gasteiger partial charge < -0.3 is 10.4 Å². The van der Waals surface area contributed by atoms with Crippen LogP contribution in [0.5, 0.6) is 0 Å². The number of fused-ring (bicyclic) bond motifs is 5. The first-order valence-electron chi connectivity index (χ1n) is 8.98. The molecule has 1 aliphatic heterocycles. The van der Waals surface area contributed by atoms with E-state index in [2.05, 4.69) is 31.3 Å². The van der Waals surface area contributed by atoms with Crippen molar-refractivity contribution < 1.29 is 9.90 Å². The molecule has 3 aliphatic carbocycles. The van der Waals surface area contributed by atoms with Crippen LogP contribution in [0.2, 0.25) is 0 Å².